The van der Waals surface area contributed by atoms with Gasteiger partial charge in [-0.3, -0.25) is 14.2 Å². The molecule has 1 N–H and O–H groups in total. The minimum absolute atomic E-state index is 0.00753. The second kappa shape index (κ2) is 11.2. The summed E-state index contributed by atoms with van der Waals surface area (Å²) in [6.45, 7) is 2.28. The van der Waals surface area contributed by atoms with E-state index in [0.29, 0.717) is 35.1 Å². The Morgan fingerprint density at radius 3 is 2.84 bits per heavy atom. The van der Waals surface area contributed by atoms with E-state index in [-0.39, 0.29) is 11.5 Å². The van der Waals surface area contributed by atoms with Crippen LogP contribution in [0.3, 0.4) is 0 Å². The van der Waals surface area contributed by atoms with Crippen LogP contribution in [0.5, 0.6) is 0 Å². The van der Waals surface area contributed by atoms with Gasteiger partial charge in [-0.05, 0) is 49.6 Å². The van der Waals surface area contributed by atoms with Gasteiger partial charge in [-0.15, -0.1) is 0 Å². The van der Waals surface area contributed by atoms with Gasteiger partial charge in [0.2, 0.25) is 5.91 Å². The lowest BCUT2D eigenvalue weighted by atomic mass is 10.1. The summed E-state index contributed by atoms with van der Waals surface area (Å²) in [6.07, 6.45) is 4.19. The van der Waals surface area contributed by atoms with Gasteiger partial charge in [0, 0.05) is 41.9 Å². The van der Waals surface area contributed by atoms with Crippen molar-refractivity contribution in [1.82, 2.24) is 14.9 Å². The Morgan fingerprint density at radius 1 is 1.26 bits per heavy atom. The number of hydrogen-bond donors (Lipinski definition) is 1. The number of unbranched alkanes of at least 4 members (excludes halogenated alkanes) is 1. The van der Waals surface area contributed by atoms with Crippen molar-refractivity contribution in [2.75, 3.05) is 5.75 Å². The highest BCUT2D eigenvalue weighted by Crippen LogP contribution is 2.19. The normalized spacial score (nSPS) is 10.9. The third kappa shape index (κ3) is 6.74. The number of thioether (sulfide) groups is 1. The molecule has 0 aliphatic heterocycles. The van der Waals surface area contributed by atoms with Gasteiger partial charge in [-0.25, -0.2) is 4.98 Å². The van der Waals surface area contributed by atoms with E-state index in [1.165, 1.54) is 11.8 Å². The van der Waals surface area contributed by atoms with E-state index in [4.69, 9.17) is 16.0 Å². The van der Waals surface area contributed by atoms with Crippen molar-refractivity contribution in [1.29, 1.82) is 0 Å². The lowest BCUT2D eigenvalue weighted by Gasteiger charge is -2.12. The molecule has 3 aromatic rings. The standard InChI is InChI=1S/C23H26ClN3O3S/c1-16-20(14-17-7-5-8-18(24)13-17)22(29)27(2)23(26-16)31-12-4-3-10-21(28)25-15-19-9-6-11-30-19/h5-9,11,13H,3-4,10,12,14-15H2,1-2H3,(H,25,28). The van der Waals surface area contributed by atoms with Gasteiger partial charge < -0.3 is 9.73 Å². The summed E-state index contributed by atoms with van der Waals surface area (Å²) in [5, 5.41) is 4.19. The molecule has 6 nitrogen and oxygen atoms in total. The molecule has 2 aromatic heterocycles. The minimum atomic E-state index is -0.0349. The van der Waals surface area contributed by atoms with Crippen LogP contribution in [-0.4, -0.2) is 21.2 Å². The van der Waals surface area contributed by atoms with Crippen LogP contribution in [0, 0.1) is 6.92 Å². The molecule has 1 aromatic carbocycles. The van der Waals surface area contributed by atoms with Crippen molar-refractivity contribution in [2.24, 2.45) is 7.05 Å². The molecule has 2 heterocycles. The SMILES string of the molecule is Cc1nc(SCCCCC(=O)NCc2ccco2)n(C)c(=O)c1Cc1cccc(Cl)c1. The summed E-state index contributed by atoms with van der Waals surface area (Å²) < 4.78 is 6.80. The second-order valence-electron chi connectivity index (χ2n) is 7.29. The van der Waals surface area contributed by atoms with Crippen molar-refractivity contribution in [3.63, 3.8) is 0 Å². The zero-order valence-corrected chi connectivity index (χ0v) is 19.3. The number of carbonyl (C=O) groups is 1. The molecule has 0 atom stereocenters. The molecule has 3 rings (SSSR count). The van der Waals surface area contributed by atoms with E-state index in [1.54, 1.807) is 23.9 Å². The molecular formula is C23H26ClN3O3S. The maximum absolute atomic E-state index is 12.9. The number of aromatic nitrogens is 2. The van der Waals surface area contributed by atoms with Crippen LogP contribution in [0.1, 0.15) is 41.8 Å². The average Bonchev–Trinajstić information content (AvgIpc) is 3.26. The molecule has 0 aliphatic carbocycles. The first-order chi connectivity index (χ1) is 14.9. The third-order valence-corrected chi connectivity index (χ3v) is 6.24. The quantitative estimate of drug-likeness (QED) is 0.274. The molecule has 0 radical (unpaired) electrons. The zero-order chi connectivity index (χ0) is 22.2. The fraction of sp³-hybridized carbons (Fsp3) is 0.348. The first-order valence-electron chi connectivity index (χ1n) is 10.2. The van der Waals surface area contributed by atoms with Crippen molar-refractivity contribution < 1.29 is 9.21 Å². The molecule has 0 fully saturated rings. The number of halogens is 1. The van der Waals surface area contributed by atoms with Crippen LogP contribution in [0.4, 0.5) is 0 Å². The lowest BCUT2D eigenvalue weighted by molar-refractivity contribution is -0.121. The van der Waals surface area contributed by atoms with Crippen LogP contribution < -0.4 is 10.9 Å². The molecule has 0 spiro atoms. The molecule has 0 saturated heterocycles. The van der Waals surface area contributed by atoms with Crippen LogP contribution >= 0.6 is 23.4 Å². The number of nitrogens with one attached hydrogen (secondary N) is 1. The zero-order valence-electron chi connectivity index (χ0n) is 17.7. The van der Waals surface area contributed by atoms with E-state index in [2.05, 4.69) is 10.3 Å². The van der Waals surface area contributed by atoms with E-state index in [1.807, 2.05) is 37.3 Å². The van der Waals surface area contributed by atoms with Gasteiger partial charge in [-0.1, -0.05) is 35.5 Å². The summed E-state index contributed by atoms with van der Waals surface area (Å²) in [6, 6.07) is 11.2. The van der Waals surface area contributed by atoms with Gasteiger partial charge in [-0.2, -0.15) is 0 Å². The maximum atomic E-state index is 12.9. The van der Waals surface area contributed by atoms with Crippen molar-refractivity contribution in [3.8, 4) is 0 Å². The van der Waals surface area contributed by atoms with Gasteiger partial charge in [0.1, 0.15) is 5.76 Å². The van der Waals surface area contributed by atoms with Crippen LogP contribution in [-0.2, 0) is 24.8 Å². The monoisotopic (exact) mass is 459 g/mol. The summed E-state index contributed by atoms with van der Waals surface area (Å²) in [5.74, 6) is 1.54. The number of carbonyl (C=O) groups excluding carboxylic acids is 1. The van der Waals surface area contributed by atoms with Crippen molar-refractivity contribution in [2.45, 2.75) is 44.3 Å². The van der Waals surface area contributed by atoms with Crippen molar-refractivity contribution in [3.05, 3.63) is 80.6 Å². The summed E-state index contributed by atoms with van der Waals surface area (Å²) >= 11 is 7.60. The number of hydrogen-bond acceptors (Lipinski definition) is 5. The Labute approximate surface area is 191 Å². The highest BCUT2D eigenvalue weighted by atomic mass is 35.5. The Morgan fingerprint density at radius 2 is 2.10 bits per heavy atom. The Balaban J connectivity index is 1.48. The Hall–Kier alpha value is -2.51. The fourth-order valence-electron chi connectivity index (χ4n) is 3.15. The molecule has 0 saturated carbocycles. The Kier molecular flexibility index (Phi) is 8.37. The first kappa shape index (κ1) is 23.2. The summed E-state index contributed by atoms with van der Waals surface area (Å²) in [4.78, 5) is 29.4. The average molecular weight is 460 g/mol. The maximum Gasteiger partial charge on any atom is 0.257 e. The number of aryl methyl sites for hydroxylation is 1. The lowest BCUT2D eigenvalue weighted by Crippen LogP contribution is -2.25. The Bertz CT molecular complexity index is 1080. The number of nitrogens with zero attached hydrogens (tertiary/aromatic N) is 2. The molecule has 8 heteroatoms. The predicted octanol–water partition coefficient (Wildman–Crippen LogP) is 4.50. The molecule has 0 unspecified atom stereocenters. The van der Waals surface area contributed by atoms with Crippen LogP contribution in [0.25, 0.3) is 0 Å². The molecule has 1 amide bonds. The van der Waals surface area contributed by atoms with Gasteiger partial charge in [0.15, 0.2) is 5.16 Å². The van der Waals surface area contributed by atoms with Crippen LogP contribution in [0.2, 0.25) is 5.02 Å². The highest BCUT2D eigenvalue weighted by molar-refractivity contribution is 7.99. The molecule has 0 aliphatic rings. The number of furan rings is 1. The summed E-state index contributed by atoms with van der Waals surface area (Å²) in [5.41, 5.74) is 2.37. The van der Waals surface area contributed by atoms with Crippen LogP contribution in [0.15, 0.2) is 57.0 Å². The minimum Gasteiger partial charge on any atom is -0.467 e. The van der Waals surface area contributed by atoms with E-state index in [0.717, 1.165) is 35.6 Å². The number of benzene rings is 1. The highest BCUT2D eigenvalue weighted by Gasteiger charge is 2.13. The topological polar surface area (TPSA) is 77.1 Å². The van der Waals surface area contributed by atoms with Gasteiger partial charge in [0.05, 0.1) is 12.8 Å². The molecule has 164 valence electrons. The van der Waals surface area contributed by atoms with E-state index in [9.17, 15) is 9.59 Å². The number of rotatable bonds is 10. The molecule has 31 heavy (non-hydrogen) atoms. The summed E-state index contributed by atoms with van der Waals surface area (Å²) in [7, 11) is 1.75. The number of amides is 1. The fourth-order valence-corrected chi connectivity index (χ4v) is 4.37. The van der Waals surface area contributed by atoms with Crippen molar-refractivity contribution >= 4 is 29.3 Å². The second-order valence-corrected chi connectivity index (χ2v) is 8.79. The third-order valence-electron chi connectivity index (χ3n) is 4.89. The first-order valence-corrected chi connectivity index (χ1v) is 11.5. The predicted molar refractivity (Wildman–Crippen MR) is 124 cm³/mol. The van der Waals surface area contributed by atoms with E-state index >= 15 is 0 Å². The largest absolute Gasteiger partial charge is 0.467 e. The molecular weight excluding hydrogens is 434 g/mol. The van der Waals surface area contributed by atoms with Gasteiger partial charge in [0.25, 0.3) is 5.56 Å². The van der Waals surface area contributed by atoms with Gasteiger partial charge >= 0.3 is 0 Å². The van der Waals surface area contributed by atoms with E-state index < -0.39 is 0 Å². The smallest absolute Gasteiger partial charge is 0.257 e. The molecule has 0 bridgehead atoms.